The van der Waals surface area contributed by atoms with Gasteiger partial charge in [0.05, 0.1) is 14.2 Å². The number of carbonyl (C=O) groups excluding carboxylic acids is 2. The molecule has 0 aromatic heterocycles. The number of rotatable bonds is 9. The van der Waals surface area contributed by atoms with Crippen molar-refractivity contribution in [2.45, 2.75) is 25.8 Å². The zero-order chi connectivity index (χ0) is 19.9. The molecular formula is C22H26N2O4. The summed E-state index contributed by atoms with van der Waals surface area (Å²) in [6.45, 7) is 1.79. The van der Waals surface area contributed by atoms with Gasteiger partial charge in [-0.2, -0.15) is 0 Å². The minimum absolute atomic E-state index is 0.00429. The van der Waals surface area contributed by atoms with Crippen LogP contribution in [0.4, 0.5) is 0 Å². The van der Waals surface area contributed by atoms with Gasteiger partial charge in [-0.1, -0.05) is 24.3 Å². The van der Waals surface area contributed by atoms with Crippen LogP contribution < -0.4 is 14.8 Å². The topological polar surface area (TPSA) is 67.9 Å². The van der Waals surface area contributed by atoms with Crippen LogP contribution in [-0.4, -0.2) is 44.0 Å². The van der Waals surface area contributed by atoms with Gasteiger partial charge in [0.2, 0.25) is 5.91 Å². The maximum absolute atomic E-state index is 12.3. The van der Waals surface area contributed by atoms with E-state index in [0.29, 0.717) is 50.4 Å². The zero-order valence-electron chi connectivity index (χ0n) is 16.4. The number of methoxy groups -OCH3 is 2. The Bertz CT molecular complexity index is 850. The highest BCUT2D eigenvalue weighted by atomic mass is 16.5. The van der Waals surface area contributed by atoms with E-state index in [1.165, 1.54) is 0 Å². The van der Waals surface area contributed by atoms with Gasteiger partial charge in [-0.05, 0) is 42.2 Å². The van der Waals surface area contributed by atoms with E-state index in [0.717, 1.165) is 16.7 Å². The molecule has 0 spiro atoms. The van der Waals surface area contributed by atoms with Crippen molar-refractivity contribution in [1.82, 2.24) is 10.2 Å². The zero-order valence-corrected chi connectivity index (χ0v) is 16.4. The molecule has 0 aliphatic carbocycles. The standard InChI is InChI=1S/C22H26N2O4/c1-27-19-10-9-16(14-20(19)28-2)11-12-23-21(25)8-5-13-24-15-17-6-3-4-7-18(17)22(24)26/h3-4,6-7,9-10,14H,5,8,11-13,15H2,1-2H3,(H,23,25). The molecule has 148 valence electrons. The van der Waals surface area contributed by atoms with E-state index in [1.54, 1.807) is 14.2 Å². The van der Waals surface area contributed by atoms with E-state index in [2.05, 4.69) is 5.32 Å². The molecule has 28 heavy (non-hydrogen) atoms. The SMILES string of the molecule is COc1ccc(CCNC(=O)CCCN2Cc3ccccc3C2=O)cc1OC. The summed E-state index contributed by atoms with van der Waals surface area (Å²) in [6.07, 6.45) is 1.78. The molecule has 1 heterocycles. The van der Waals surface area contributed by atoms with Crippen LogP contribution in [-0.2, 0) is 17.8 Å². The highest BCUT2D eigenvalue weighted by Crippen LogP contribution is 2.27. The largest absolute Gasteiger partial charge is 0.493 e. The molecular weight excluding hydrogens is 356 g/mol. The van der Waals surface area contributed by atoms with Crippen LogP contribution in [0.5, 0.6) is 11.5 Å². The van der Waals surface area contributed by atoms with E-state index < -0.39 is 0 Å². The Balaban J connectivity index is 1.37. The van der Waals surface area contributed by atoms with Gasteiger partial charge in [-0.25, -0.2) is 0 Å². The van der Waals surface area contributed by atoms with Crippen molar-refractivity contribution in [2.75, 3.05) is 27.3 Å². The Morgan fingerprint density at radius 3 is 2.64 bits per heavy atom. The molecule has 0 unspecified atom stereocenters. The third-order valence-corrected chi connectivity index (χ3v) is 4.91. The summed E-state index contributed by atoms with van der Waals surface area (Å²) in [5, 5.41) is 2.94. The van der Waals surface area contributed by atoms with Gasteiger partial charge in [0, 0.05) is 31.6 Å². The monoisotopic (exact) mass is 382 g/mol. The summed E-state index contributed by atoms with van der Waals surface area (Å²) in [5.74, 6) is 1.44. The lowest BCUT2D eigenvalue weighted by Gasteiger charge is -2.15. The molecule has 1 aliphatic heterocycles. The fourth-order valence-corrected chi connectivity index (χ4v) is 3.40. The molecule has 6 nitrogen and oxygen atoms in total. The number of hydrogen-bond donors (Lipinski definition) is 1. The molecule has 2 aromatic carbocycles. The third kappa shape index (κ3) is 4.63. The van der Waals surface area contributed by atoms with Crippen LogP contribution >= 0.6 is 0 Å². The molecule has 6 heteroatoms. The van der Waals surface area contributed by atoms with Gasteiger partial charge in [0.1, 0.15) is 0 Å². The van der Waals surface area contributed by atoms with Crippen LogP contribution in [0.2, 0.25) is 0 Å². The van der Waals surface area contributed by atoms with Crippen molar-refractivity contribution in [3.8, 4) is 11.5 Å². The molecule has 0 radical (unpaired) electrons. The number of fused-ring (bicyclic) bond motifs is 1. The van der Waals surface area contributed by atoms with Crippen molar-refractivity contribution in [3.63, 3.8) is 0 Å². The molecule has 0 fully saturated rings. The van der Waals surface area contributed by atoms with Gasteiger partial charge >= 0.3 is 0 Å². The van der Waals surface area contributed by atoms with Crippen LogP contribution in [0.15, 0.2) is 42.5 Å². The number of carbonyl (C=O) groups is 2. The van der Waals surface area contributed by atoms with E-state index in [1.807, 2.05) is 47.4 Å². The smallest absolute Gasteiger partial charge is 0.254 e. The van der Waals surface area contributed by atoms with Crippen molar-refractivity contribution < 1.29 is 19.1 Å². The first-order valence-corrected chi connectivity index (χ1v) is 9.47. The van der Waals surface area contributed by atoms with E-state index in [4.69, 9.17) is 9.47 Å². The predicted octanol–water partition coefficient (Wildman–Crippen LogP) is 2.80. The van der Waals surface area contributed by atoms with Gasteiger partial charge in [-0.3, -0.25) is 9.59 Å². The lowest BCUT2D eigenvalue weighted by Crippen LogP contribution is -2.28. The van der Waals surface area contributed by atoms with Crippen molar-refractivity contribution in [1.29, 1.82) is 0 Å². The highest BCUT2D eigenvalue weighted by Gasteiger charge is 2.26. The van der Waals surface area contributed by atoms with Crippen LogP contribution in [0.25, 0.3) is 0 Å². The molecule has 1 aliphatic rings. The number of ether oxygens (including phenoxy) is 2. The van der Waals surface area contributed by atoms with Gasteiger partial charge in [0.25, 0.3) is 5.91 Å². The first kappa shape index (κ1) is 19.7. The first-order chi connectivity index (χ1) is 13.6. The number of hydrogen-bond acceptors (Lipinski definition) is 4. The summed E-state index contributed by atoms with van der Waals surface area (Å²) in [5.41, 5.74) is 2.91. The molecule has 1 N–H and O–H groups in total. The summed E-state index contributed by atoms with van der Waals surface area (Å²) >= 11 is 0. The van der Waals surface area contributed by atoms with E-state index in [9.17, 15) is 9.59 Å². The van der Waals surface area contributed by atoms with Crippen LogP contribution in [0.3, 0.4) is 0 Å². The van der Waals surface area contributed by atoms with Crippen LogP contribution in [0, 0.1) is 0 Å². The second-order valence-corrected chi connectivity index (χ2v) is 6.78. The lowest BCUT2D eigenvalue weighted by atomic mass is 10.1. The summed E-state index contributed by atoms with van der Waals surface area (Å²) in [6, 6.07) is 13.4. The quantitative estimate of drug-likeness (QED) is 0.724. The van der Waals surface area contributed by atoms with Crippen molar-refractivity contribution >= 4 is 11.8 Å². The molecule has 2 amide bonds. The number of nitrogens with zero attached hydrogens (tertiary/aromatic N) is 1. The highest BCUT2D eigenvalue weighted by molar-refractivity contribution is 5.98. The minimum Gasteiger partial charge on any atom is -0.493 e. The minimum atomic E-state index is 0.00429. The Kier molecular flexibility index (Phi) is 6.53. The third-order valence-electron chi connectivity index (χ3n) is 4.91. The Morgan fingerprint density at radius 2 is 1.89 bits per heavy atom. The number of nitrogens with one attached hydrogen (secondary N) is 1. The average molecular weight is 382 g/mol. The Morgan fingerprint density at radius 1 is 1.11 bits per heavy atom. The van der Waals surface area contributed by atoms with Gasteiger partial charge in [0.15, 0.2) is 11.5 Å². The van der Waals surface area contributed by atoms with Crippen molar-refractivity contribution in [3.05, 3.63) is 59.2 Å². The number of benzene rings is 2. The summed E-state index contributed by atoms with van der Waals surface area (Å²) in [7, 11) is 3.21. The molecule has 0 saturated carbocycles. The summed E-state index contributed by atoms with van der Waals surface area (Å²) < 4.78 is 10.5. The van der Waals surface area contributed by atoms with E-state index >= 15 is 0 Å². The summed E-state index contributed by atoms with van der Waals surface area (Å²) in [4.78, 5) is 26.2. The molecule has 0 bridgehead atoms. The fourth-order valence-electron chi connectivity index (χ4n) is 3.40. The average Bonchev–Trinajstić information content (AvgIpc) is 3.04. The fraction of sp³-hybridized carbons (Fsp3) is 0.364. The van der Waals surface area contributed by atoms with Crippen LogP contribution in [0.1, 0.15) is 34.3 Å². The Hall–Kier alpha value is -3.02. The second kappa shape index (κ2) is 9.26. The maximum atomic E-state index is 12.3. The van der Waals surface area contributed by atoms with Gasteiger partial charge < -0.3 is 19.7 Å². The van der Waals surface area contributed by atoms with Gasteiger partial charge in [-0.15, -0.1) is 0 Å². The molecule has 2 aromatic rings. The normalized spacial score (nSPS) is 12.6. The predicted molar refractivity (Wildman–Crippen MR) is 107 cm³/mol. The lowest BCUT2D eigenvalue weighted by molar-refractivity contribution is -0.121. The van der Waals surface area contributed by atoms with E-state index in [-0.39, 0.29) is 11.8 Å². The second-order valence-electron chi connectivity index (χ2n) is 6.78. The number of amides is 2. The molecule has 3 rings (SSSR count). The molecule has 0 atom stereocenters. The molecule has 0 saturated heterocycles. The Labute approximate surface area is 165 Å². The maximum Gasteiger partial charge on any atom is 0.254 e. The van der Waals surface area contributed by atoms with Crippen molar-refractivity contribution in [2.24, 2.45) is 0 Å². The first-order valence-electron chi connectivity index (χ1n) is 9.47.